The Hall–Kier alpha value is -1.44. The molecule has 0 aliphatic rings. The second-order valence-electron chi connectivity index (χ2n) is 4.46. The molecule has 0 spiro atoms. The van der Waals surface area contributed by atoms with Crippen LogP contribution in [0, 0.1) is 21.5 Å². The van der Waals surface area contributed by atoms with Crippen molar-refractivity contribution in [3.8, 4) is 21.5 Å². The van der Waals surface area contributed by atoms with Crippen molar-refractivity contribution in [2.45, 2.75) is 16.7 Å². The van der Waals surface area contributed by atoms with Crippen LogP contribution in [0.5, 0.6) is 0 Å². The van der Waals surface area contributed by atoms with Crippen molar-refractivity contribution in [2.75, 3.05) is 0 Å². The molecule has 0 saturated heterocycles. The third kappa shape index (κ3) is 7.02. The number of hydrogen-bond acceptors (Lipinski definition) is 1. The van der Waals surface area contributed by atoms with Crippen LogP contribution in [-0.4, -0.2) is 41.1 Å². The Balaban J connectivity index is 1.65. The van der Waals surface area contributed by atoms with Crippen LogP contribution < -0.4 is 0 Å². The van der Waals surface area contributed by atoms with Gasteiger partial charge in [-0.15, -0.1) is 0 Å². The molecule has 0 unspecified atom stereocenters. The van der Waals surface area contributed by atoms with Crippen LogP contribution in [0.1, 0.15) is 11.1 Å². The van der Waals surface area contributed by atoms with E-state index >= 15 is 0 Å². The number of aliphatic hydroxyl groups is 1. The molecule has 2 rings (SSSR count). The summed E-state index contributed by atoms with van der Waals surface area (Å²) >= 11 is 0.330. The maximum atomic E-state index is 9.94. The fourth-order valence-electron chi connectivity index (χ4n) is 1.56. The van der Waals surface area contributed by atoms with Crippen LogP contribution >= 0.6 is 0 Å². The molecule has 0 radical (unpaired) electrons. The first-order chi connectivity index (χ1) is 10.8. The molecule has 110 valence electrons. The Morgan fingerprint density at radius 1 is 0.727 bits per heavy atom. The quantitative estimate of drug-likeness (QED) is 0.598. The molecule has 0 aromatic heterocycles. The van der Waals surface area contributed by atoms with Gasteiger partial charge >= 0.3 is 145 Å². The van der Waals surface area contributed by atoms with Crippen molar-refractivity contribution in [1.29, 1.82) is 0 Å². The van der Waals surface area contributed by atoms with Crippen molar-refractivity contribution in [2.24, 2.45) is 0 Å². The summed E-state index contributed by atoms with van der Waals surface area (Å²) in [6, 6.07) is 19.9. The fourth-order valence-corrected chi connectivity index (χ4v) is 4.76. The van der Waals surface area contributed by atoms with Gasteiger partial charge in [0.2, 0.25) is 0 Å². The van der Waals surface area contributed by atoms with E-state index < -0.39 is 0 Å². The summed E-state index contributed by atoms with van der Waals surface area (Å²) in [6.45, 7) is 0. The summed E-state index contributed by atoms with van der Waals surface area (Å²) < 4.78 is 0. The van der Waals surface area contributed by atoms with Gasteiger partial charge < -0.3 is 0 Å². The maximum absolute atomic E-state index is 9.94. The van der Waals surface area contributed by atoms with Crippen LogP contribution in [-0.2, 0) is 0 Å². The Kier molecular flexibility index (Phi) is 7.93. The molecule has 0 heterocycles. The normalized spacial score (nSPS) is 9.55. The van der Waals surface area contributed by atoms with E-state index in [-0.39, 0.29) is 36.0 Å². The Labute approximate surface area is 144 Å². The fraction of sp³-hybridized carbons (Fsp3) is 0.158. The second-order valence-corrected chi connectivity index (χ2v) is 7.93. The SMILES string of the molecule is OC(C[Se]C#Cc1ccccc1)C[Se]C#Cc1ccccc1. The van der Waals surface area contributed by atoms with E-state index in [9.17, 15) is 5.11 Å². The average molecular weight is 418 g/mol. The van der Waals surface area contributed by atoms with Crippen LogP contribution in [0.4, 0.5) is 0 Å². The van der Waals surface area contributed by atoms with Crippen molar-refractivity contribution in [3.63, 3.8) is 0 Å². The first-order valence-corrected chi connectivity index (χ1v) is 11.0. The van der Waals surface area contributed by atoms with E-state index in [1.165, 1.54) is 0 Å². The predicted molar refractivity (Wildman–Crippen MR) is 93.8 cm³/mol. The number of benzene rings is 2. The summed E-state index contributed by atoms with van der Waals surface area (Å²) in [4.78, 5) is 6.34. The van der Waals surface area contributed by atoms with E-state index in [4.69, 9.17) is 0 Å². The molecule has 2 aromatic rings. The van der Waals surface area contributed by atoms with Gasteiger partial charge in [0.25, 0.3) is 0 Å². The Morgan fingerprint density at radius 3 is 1.55 bits per heavy atom. The minimum atomic E-state index is -0.268. The van der Waals surface area contributed by atoms with Gasteiger partial charge in [-0.2, -0.15) is 0 Å². The second kappa shape index (κ2) is 10.3. The van der Waals surface area contributed by atoms with Gasteiger partial charge in [-0.25, -0.2) is 0 Å². The van der Waals surface area contributed by atoms with E-state index in [2.05, 4.69) is 21.5 Å². The standard InChI is InChI=1S/C19H16OSe2/c20-19(15-21-13-11-17-7-3-1-4-8-17)16-22-14-12-18-9-5-2-6-10-18/h1-10,19-20H,15-16H2. The molecule has 0 aliphatic heterocycles. The van der Waals surface area contributed by atoms with E-state index in [0.29, 0.717) is 0 Å². The van der Waals surface area contributed by atoms with Crippen molar-refractivity contribution in [1.82, 2.24) is 0 Å². The Morgan fingerprint density at radius 2 is 1.14 bits per heavy atom. The minimum absolute atomic E-state index is 0.165. The molecular formula is C19H16OSe2. The van der Waals surface area contributed by atoms with Gasteiger partial charge in [0, 0.05) is 0 Å². The molecule has 0 atom stereocenters. The number of aliphatic hydroxyl groups excluding tert-OH is 1. The zero-order valence-electron chi connectivity index (χ0n) is 12.0. The van der Waals surface area contributed by atoms with Gasteiger partial charge in [-0.3, -0.25) is 0 Å². The summed E-state index contributed by atoms with van der Waals surface area (Å²) in [6.07, 6.45) is -0.268. The van der Waals surface area contributed by atoms with Gasteiger partial charge in [0.1, 0.15) is 0 Å². The predicted octanol–water partition coefficient (Wildman–Crippen LogP) is 2.61. The number of hydrogen-bond donors (Lipinski definition) is 1. The topological polar surface area (TPSA) is 20.2 Å². The molecule has 0 aliphatic carbocycles. The average Bonchev–Trinajstić information content (AvgIpc) is 2.57. The molecule has 0 bridgehead atoms. The van der Waals surface area contributed by atoms with Crippen molar-refractivity contribution >= 4 is 29.9 Å². The zero-order chi connectivity index (χ0) is 15.5. The molecule has 0 fully saturated rings. The summed E-state index contributed by atoms with van der Waals surface area (Å²) in [5.41, 5.74) is 2.08. The van der Waals surface area contributed by atoms with Crippen LogP contribution in [0.15, 0.2) is 60.7 Å². The van der Waals surface area contributed by atoms with Crippen molar-refractivity contribution in [3.05, 3.63) is 71.8 Å². The summed E-state index contributed by atoms with van der Waals surface area (Å²) in [5.74, 6) is 6.27. The molecule has 3 heteroatoms. The molecule has 0 saturated carbocycles. The van der Waals surface area contributed by atoms with E-state index in [1.807, 2.05) is 60.7 Å². The zero-order valence-corrected chi connectivity index (χ0v) is 15.5. The van der Waals surface area contributed by atoms with Gasteiger partial charge in [0.15, 0.2) is 0 Å². The molecular weight excluding hydrogens is 402 g/mol. The van der Waals surface area contributed by atoms with Gasteiger partial charge in [-0.1, -0.05) is 0 Å². The molecule has 22 heavy (non-hydrogen) atoms. The van der Waals surface area contributed by atoms with Crippen LogP contribution in [0.25, 0.3) is 0 Å². The summed E-state index contributed by atoms with van der Waals surface area (Å²) in [5, 5.41) is 11.5. The van der Waals surface area contributed by atoms with E-state index in [1.54, 1.807) is 0 Å². The van der Waals surface area contributed by atoms with Gasteiger partial charge in [-0.05, 0) is 0 Å². The molecule has 0 amide bonds. The summed E-state index contributed by atoms with van der Waals surface area (Å²) in [7, 11) is 0. The molecule has 1 N–H and O–H groups in total. The van der Waals surface area contributed by atoms with E-state index in [0.717, 1.165) is 21.8 Å². The Bertz CT molecular complexity index is 614. The third-order valence-electron chi connectivity index (χ3n) is 2.63. The molecule has 1 nitrogen and oxygen atoms in total. The molecule has 2 aromatic carbocycles. The van der Waals surface area contributed by atoms with Crippen LogP contribution in [0.3, 0.4) is 0 Å². The van der Waals surface area contributed by atoms with Gasteiger partial charge in [0.05, 0.1) is 0 Å². The van der Waals surface area contributed by atoms with Crippen molar-refractivity contribution < 1.29 is 5.11 Å². The first kappa shape index (κ1) is 16.9. The van der Waals surface area contributed by atoms with Crippen LogP contribution in [0.2, 0.25) is 10.6 Å². The number of rotatable bonds is 4. The first-order valence-electron chi connectivity index (χ1n) is 6.88. The monoisotopic (exact) mass is 420 g/mol. The third-order valence-corrected chi connectivity index (χ3v) is 5.98.